The third-order valence-corrected chi connectivity index (χ3v) is 5.96. The van der Waals surface area contributed by atoms with E-state index in [1.807, 2.05) is 41.7 Å². The molecule has 104 valence electrons. The molecule has 1 fully saturated rings. The third-order valence-electron chi connectivity index (χ3n) is 2.90. The van der Waals surface area contributed by atoms with Crippen molar-refractivity contribution in [2.24, 2.45) is 5.73 Å². The first-order chi connectivity index (χ1) is 9.20. The number of hydrogen-bond acceptors (Lipinski definition) is 5. The lowest BCUT2D eigenvalue weighted by atomic mass is 10.1. The van der Waals surface area contributed by atoms with Crippen LogP contribution in [0.5, 0.6) is 5.75 Å². The van der Waals surface area contributed by atoms with Crippen LogP contribution in [0.2, 0.25) is 0 Å². The van der Waals surface area contributed by atoms with Gasteiger partial charge in [0, 0.05) is 46.4 Å². The van der Waals surface area contributed by atoms with E-state index < -0.39 is 0 Å². The smallest absolute Gasteiger partial charge is 0.120 e. The second kappa shape index (κ2) is 7.26. The van der Waals surface area contributed by atoms with Crippen LogP contribution in [0.4, 0.5) is 5.69 Å². The van der Waals surface area contributed by atoms with E-state index in [1.165, 1.54) is 17.3 Å². The summed E-state index contributed by atoms with van der Waals surface area (Å²) >= 11 is 9.14. The highest BCUT2D eigenvalue weighted by molar-refractivity contribution is 8.06. The first-order valence-electron chi connectivity index (χ1n) is 6.11. The maximum Gasteiger partial charge on any atom is 0.120 e. The molecule has 1 saturated heterocycles. The van der Waals surface area contributed by atoms with Crippen molar-refractivity contribution in [1.29, 1.82) is 0 Å². The van der Waals surface area contributed by atoms with Gasteiger partial charge in [0.1, 0.15) is 10.7 Å². The number of benzene rings is 1. The van der Waals surface area contributed by atoms with Crippen LogP contribution in [0.25, 0.3) is 0 Å². The minimum absolute atomic E-state index is 0.413. The van der Waals surface area contributed by atoms with Gasteiger partial charge in [-0.3, -0.25) is 0 Å². The third kappa shape index (κ3) is 4.19. The predicted molar refractivity (Wildman–Crippen MR) is 90.9 cm³/mol. The minimum Gasteiger partial charge on any atom is -0.497 e. The van der Waals surface area contributed by atoms with Crippen LogP contribution in [0.1, 0.15) is 5.56 Å². The van der Waals surface area contributed by atoms with Crippen LogP contribution >= 0.6 is 35.7 Å². The predicted octanol–water partition coefficient (Wildman–Crippen LogP) is 2.59. The molecule has 0 radical (unpaired) electrons. The van der Waals surface area contributed by atoms with Crippen molar-refractivity contribution >= 4 is 46.4 Å². The summed E-state index contributed by atoms with van der Waals surface area (Å²) in [6, 6.07) is 5.74. The van der Waals surface area contributed by atoms with Crippen LogP contribution in [-0.4, -0.2) is 41.2 Å². The molecule has 0 aliphatic carbocycles. The van der Waals surface area contributed by atoms with Gasteiger partial charge in [0.15, 0.2) is 0 Å². The fourth-order valence-electron chi connectivity index (χ4n) is 1.89. The zero-order valence-electron chi connectivity index (χ0n) is 10.8. The number of hydrogen-bond donors (Lipinski definition) is 2. The van der Waals surface area contributed by atoms with Gasteiger partial charge in [-0.1, -0.05) is 12.2 Å². The van der Waals surface area contributed by atoms with Crippen molar-refractivity contribution in [3.63, 3.8) is 0 Å². The van der Waals surface area contributed by atoms with Gasteiger partial charge in [0.25, 0.3) is 0 Å². The lowest BCUT2D eigenvalue weighted by molar-refractivity contribution is 0.415. The van der Waals surface area contributed by atoms with Crippen molar-refractivity contribution in [1.82, 2.24) is 0 Å². The first-order valence-corrected chi connectivity index (χ1v) is 8.73. The number of ether oxygens (including phenoxy) is 1. The number of nitrogens with one attached hydrogen (secondary N) is 1. The van der Waals surface area contributed by atoms with E-state index in [9.17, 15) is 0 Å². The Bertz CT molecular complexity index is 448. The number of rotatable bonds is 5. The Morgan fingerprint density at radius 1 is 1.53 bits per heavy atom. The number of methoxy groups -OCH3 is 1. The molecule has 1 aliphatic rings. The average molecular weight is 315 g/mol. The molecule has 1 aliphatic heterocycles. The van der Waals surface area contributed by atoms with Crippen LogP contribution < -0.4 is 15.8 Å². The molecule has 1 aromatic carbocycles. The van der Waals surface area contributed by atoms with Gasteiger partial charge in [-0.05, 0) is 12.1 Å². The Hall–Kier alpha value is -0.590. The summed E-state index contributed by atoms with van der Waals surface area (Å²) in [6.07, 6.45) is 0. The average Bonchev–Trinajstić information content (AvgIpc) is 2.45. The molecule has 1 aromatic rings. The van der Waals surface area contributed by atoms with Gasteiger partial charge >= 0.3 is 0 Å². The van der Waals surface area contributed by atoms with Crippen molar-refractivity contribution in [2.45, 2.75) is 5.25 Å². The standard InChI is InChI=1S/C13H18N2OS3/c1-16-9-2-3-11(13(14)17)12(6-9)15-7-10-8-18-4-5-19-10/h2-3,6,10,15H,4-5,7-8H2,1H3,(H2,14,17). The molecule has 1 unspecified atom stereocenters. The van der Waals surface area contributed by atoms with Crippen molar-refractivity contribution in [3.05, 3.63) is 23.8 Å². The van der Waals surface area contributed by atoms with Gasteiger partial charge in [-0.2, -0.15) is 23.5 Å². The molecule has 1 atom stereocenters. The van der Waals surface area contributed by atoms with E-state index in [-0.39, 0.29) is 0 Å². The summed E-state index contributed by atoms with van der Waals surface area (Å²) in [4.78, 5) is 0.413. The summed E-state index contributed by atoms with van der Waals surface area (Å²) in [5, 5.41) is 4.10. The SMILES string of the molecule is COc1ccc(C(N)=S)c(NCC2CSCCS2)c1. The fourth-order valence-corrected chi connectivity index (χ4v) is 4.68. The molecule has 2 rings (SSSR count). The van der Waals surface area contributed by atoms with Crippen molar-refractivity contribution in [3.8, 4) is 5.75 Å². The fraction of sp³-hybridized carbons (Fsp3) is 0.462. The second-order valence-electron chi connectivity index (χ2n) is 4.22. The topological polar surface area (TPSA) is 47.3 Å². The summed E-state index contributed by atoms with van der Waals surface area (Å²) in [7, 11) is 1.66. The Morgan fingerprint density at radius 2 is 2.37 bits per heavy atom. The van der Waals surface area contributed by atoms with E-state index in [0.717, 1.165) is 23.5 Å². The number of anilines is 1. The molecule has 0 aromatic heterocycles. The second-order valence-corrected chi connectivity index (χ2v) is 7.22. The van der Waals surface area contributed by atoms with Gasteiger partial charge in [0.2, 0.25) is 0 Å². The van der Waals surface area contributed by atoms with Crippen molar-refractivity contribution in [2.75, 3.05) is 36.2 Å². The Balaban J connectivity index is 2.06. The molecule has 0 saturated carbocycles. The zero-order chi connectivity index (χ0) is 13.7. The number of thiocarbonyl (C=S) groups is 1. The molecule has 0 bridgehead atoms. The monoisotopic (exact) mass is 314 g/mol. The van der Waals surface area contributed by atoms with Crippen LogP contribution in [0.15, 0.2) is 18.2 Å². The van der Waals surface area contributed by atoms with E-state index in [1.54, 1.807) is 7.11 Å². The van der Waals surface area contributed by atoms with Gasteiger partial charge in [-0.15, -0.1) is 0 Å². The molecule has 3 nitrogen and oxygen atoms in total. The summed E-state index contributed by atoms with van der Waals surface area (Å²) in [5.41, 5.74) is 7.60. The Morgan fingerprint density at radius 3 is 3.00 bits per heavy atom. The quantitative estimate of drug-likeness (QED) is 0.815. The molecule has 19 heavy (non-hydrogen) atoms. The first kappa shape index (κ1) is 14.8. The molecule has 1 heterocycles. The summed E-state index contributed by atoms with van der Waals surface area (Å²) in [6.45, 7) is 0.931. The Labute approximate surface area is 128 Å². The zero-order valence-corrected chi connectivity index (χ0v) is 13.3. The van der Waals surface area contributed by atoms with Crippen LogP contribution in [0, 0.1) is 0 Å². The van der Waals surface area contributed by atoms with E-state index in [0.29, 0.717) is 10.2 Å². The molecule has 0 amide bonds. The summed E-state index contributed by atoms with van der Waals surface area (Å²) < 4.78 is 5.25. The maximum atomic E-state index is 5.76. The maximum absolute atomic E-state index is 5.76. The molecule has 6 heteroatoms. The molecular weight excluding hydrogens is 296 g/mol. The highest BCUT2D eigenvalue weighted by Crippen LogP contribution is 2.26. The van der Waals surface area contributed by atoms with Crippen molar-refractivity contribution < 1.29 is 4.74 Å². The Kier molecular flexibility index (Phi) is 5.66. The van der Waals surface area contributed by atoms with Gasteiger partial charge < -0.3 is 15.8 Å². The molecule has 3 N–H and O–H groups in total. The van der Waals surface area contributed by atoms with Crippen LogP contribution in [0.3, 0.4) is 0 Å². The highest BCUT2D eigenvalue weighted by Gasteiger charge is 2.15. The lowest BCUT2D eigenvalue weighted by Crippen LogP contribution is -2.24. The van der Waals surface area contributed by atoms with E-state index >= 15 is 0 Å². The van der Waals surface area contributed by atoms with Gasteiger partial charge in [0.05, 0.1) is 7.11 Å². The largest absolute Gasteiger partial charge is 0.497 e. The number of thioether (sulfide) groups is 2. The minimum atomic E-state index is 0.413. The molecule has 0 spiro atoms. The summed E-state index contributed by atoms with van der Waals surface area (Å²) in [5.74, 6) is 4.51. The molecular formula is C13H18N2OS3. The highest BCUT2D eigenvalue weighted by atomic mass is 32.2. The van der Waals surface area contributed by atoms with Gasteiger partial charge in [-0.25, -0.2) is 0 Å². The normalized spacial score (nSPS) is 18.9. The number of nitrogens with two attached hydrogens (primary N) is 1. The lowest BCUT2D eigenvalue weighted by Gasteiger charge is -2.22. The van der Waals surface area contributed by atoms with Crippen LogP contribution in [-0.2, 0) is 0 Å². The van der Waals surface area contributed by atoms with E-state index in [4.69, 9.17) is 22.7 Å². The van der Waals surface area contributed by atoms with E-state index in [2.05, 4.69) is 5.32 Å².